The summed E-state index contributed by atoms with van der Waals surface area (Å²) in [5.41, 5.74) is 0.794. The van der Waals surface area contributed by atoms with Crippen molar-refractivity contribution in [1.82, 2.24) is 0 Å². The van der Waals surface area contributed by atoms with Crippen LogP contribution in [0.1, 0.15) is 66.7 Å². The molecule has 0 amide bonds. The van der Waals surface area contributed by atoms with Gasteiger partial charge in [0.15, 0.2) is 0 Å². The molecule has 7 unspecified atom stereocenters. The Morgan fingerprint density at radius 1 is 1.23 bits per heavy atom. The predicted molar refractivity (Wildman–Crippen MR) is 117 cm³/mol. The first kappa shape index (κ1) is 22.9. The van der Waals surface area contributed by atoms with Crippen molar-refractivity contribution in [3.8, 4) is 0 Å². The van der Waals surface area contributed by atoms with Gasteiger partial charge in [-0.25, -0.2) is 0 Å². The van der Waals surface area contributed by atoms with Crippen LogP contribution in [-0.2, 0) is 14.3 Å². The van der Waals surface area contributed by atoms with Crippen molar-refractivity contribution >= 4 is 5.97 Å². The molecule has 3 aliphatic rings. The standard InChI is InChI=1S/C25H38O5/c1-6-25(4,5)24(28)30-21-12-15(2)11-17-8-7-16(3)20(23(17)21)10-9-19-13-18(26)14-22(27)29-19/h7-8,11,14-16,18-21,23,26-27H,6,9-10,12-13H2,1-5H3. The second-order valence-electron chi connectivity index (χ2n) is 10.1. The van der Waals surface area contributed by atoms with Gasteiger partial charge in [-0.3, -0.25) is 4.79 Å². The quantitative estimate of drug-likeness (QED) is 0.589. The summed E-state index contributed by atoms with van der Waals surface area (Å²) in [6, 6.07) is 0. The lowest BCUT2D eigenvalue weighted by Gasteiger charge is -2.44. The number of carbonyl (C=O) groups is 1. The van der Waals surface area contributed by atoms with E-state index in [0.29, 0.717) is 24.2 Å². The average molecular weight is 419 g/mol. The lowest BCUT2D eigenvalue weighted by atomic mass is 9.65. The molecule has 2 aliphatic carbocycles. The van der Waals surface area contributed by atoms with E-state index in [9.17, 15) is 15.0 Å². The lowest BCUT2D eigenvalue weighted by Crippen LogP contribution is -2.43. The number of esters is 1. The van der Waals surface area contributed by atoms with E-state index < -0.39 is 11.5 Å². The monoisotopic (exact) mass is 418 g/mol. The number of aliphatic hydroxyl groups is 2. The van der Waals surface area contributed by atoms with Gasteiger partial charge in [-0.15, -0.1) is 0 Å². The molecule has 7 atom stereocenters. The van der Waals surface area contributed by atoms with Crippen molar-refractivity contribution < 1.29 is 24.5 Å². The Morgan fingerprint density at radius 2 is 1.97 bits per heavy atom. The molecule has 168 valence electrons. The zero-order valence-electron chi connectivity index (χ0n) is 19.0. The maximum absolute atomic E-state index is 12.9. The lowest BCUT2D eigenvalue weighted by molar-refractivity contribution is -0.164. The Balaban J connectivity index is 1.76. The fourth-order valence-electron chi connectivity index (χ4n) is 4.98. The van der Waals surface area contributed by atoms with Gasteiger partial charge in [0, 0.05) is 18.4 Å². The minimum absolute atomic E-state index is 0.113. The van der Waals surface area contributed by atoms with Crippen LogP contribution in [0.3, 0.4) is 0 Å². The Bertz CT molecular complexity index is 719. The van der Waals surface area contributed by atoms with E-state index in [1.165, 1.54) is 11.6 Å². The summed E-state index contributed by atoms with van der Waals surface area (Å²) in [4.78, 5) is 12.9. The molecular formula is C25H38O5. The predicted octanol–water partition coefficient (Wildman–Crippen LogP) is 5.07. The summed E-state index contributed by atoms with van der Waals surface area (Å²) >= 11 is 0. The highest BCUT2D eigenvalue weighted by Gasteiger charge is 2.43. The van der Waals surface area contributed by atoms with Crippen LogP contribution in [-0.4, -0.2) is 34.5 Å². The summed E-state index contributed by atoms with van der Waals surface area (Å²) in [6.45, 7) is 10.3. The molecule has 0 saturated heterocycles. The van der Waals surface area contributed by atoms with Crippen molar-refractivity contribution in [1.29, 1.82) is 0 Å². The zero-order chi connectivity index (χ0) is 22.1. The third-order valence-electron chi connectivity index (χ3n) is 7.24. The van der Waals surface area contributed by atoms with Gasteiger partial charge in [0.1, 0.15) is 12.2 Å². The fourth-order valence-corrected chi connectivity index (χ4v) is 4.98. The molecule has 0 radical (unpaired) electrons. The first-order chi connectivity index (χ1) is 14.1. The molecular weight excluding hydrogens is 380 g/mol. The van der Waals surface area contributed by atoms with E-state index >= 15 is 0 Å². The van der Waals surface area contributed by atoms with Gasteiger partial charge in [0.25, 0.3) is 5.95 Å². The summed E-state index contributed by atoms with van der Waals surface area (Å²) < 4.78 is 11.7. The number of carbonyl (C=O) groups excluding carboxylic acids is 1. The van der Waals surface area contributed by atoms with Crippen molar-refractivity contribution in [2.75, 3.05) is 0 Å². The molecule has 0 aromatic heterocycles. The molecule has 0 bridgehead atoms. The molecule has 3 rings (SSSR count). The third kappa shape index (κ3) is 5.11. The van der Waals surface area contributed by atoms with Crippen LogP contribution in [0.15, 0.2) is 35.8 Å². The normalized spacial score (nSPS) is 36.3. The Labute approximate surface area is 180 Å². The molecule has 0 aromatic rings. The second kappa shape index (κ2) is 9.17. The van der Waals surface area contributed by atoms with E-state index in [-0.39, 0.29) is 30.0 Å². The molecule has 0 saturated carbocycles. The molecule has 30 heavy (non-hydrogen) atoms. The van der Waals surface area contributed by atoms with Crippen LogP contribution in [0, 0.1) is 29.1 Å². The number of fused-ring (bicyclic) bond motifs is 1. The third-order valence-corrected chi connectivity index (χ3v) is 7.24. The van der Waals surface area contributed by atoms with Crippen LogP contribution in [0.25, 0.3) is 0 Å². The smallest absolute Gasteiger partial charge is 0.311 e. The van der Waals surface area contributed by atoms with Crippen molar-refractivity contribution in [3.05, 3.63) is 35.8 Å². The summed E-state index contributed by atoms with van der Waals surface area (Å²) in [7, 11) is 0. The van der Waals surface area contributed by atoms with Gasteiger partial charge < -0.3 is 19.7 Å². The molecule has 0 spiro atoms. The minimum Gasteiger partial charge on any atom is -0.481 e. The van der Waals surface area contributed by atoms with Crippen LogP contribution in [0.4, 0.5) is 0 Å². The maximum Gasteiger partial charge on any atom is 0.311 e. The number of aliphatic hydroxyl groups excluding tert-OH is 2. The van der Waals surface area contributed by atoms with Gasteiger partial charge in [-0.05, 0) is 62.9 Å². The SMILES string of the molecule is CCC(C)(C)C(=O)OC1CC(C)C=C2C=CC(C)C(CCC3CC(O)C=C(O)O3)C21. The van der Waals surface area contributed by atoms with Gasteiger partial charge in [0.05, 0.1) is 11.5 Å². The summed E-state index contributed by atoms with van der Waals surface area (Å²) in [5, 5.41) is 19.6. The van der Waals surface area contributed by atoms with Gasteiger partial charge in [0.2, 0.25) is 0 Å². The number of rotatable bonds is 6. The van der Waals surface area contributed by atoms with E-state index in [1.54, 1.807) is 0 Å². The molecule has 5 heteroatoms. The fraction of sp³-hybridized carbons (Fsp3) is 0.720. The van der Waals surface area contributed by atoms with Crippen LogP contribution < -0.4 is 0 Å². The first-order valence-corrected chi connectivity index (χ1v) is 11.5. The zero-order valence-corrected chi connectivity index (χ0v) is 19.0. The highest BCUT2D eigenvalue weighted by atomic mass is 16.6. The average Bonchev–Trinajstić information content (AvgIpc) is 2.66. The molecule has 0 fully saturated rings. The van der Waals surface area contributed by atoms with Crippen LogP contribution in [0.5, 0.6) is 0 Å². The highest BCUT2D eigenvalue weighted by molar-refractivity contribution is 5.76. The topological polar surface area (TPSA) is 76.0 Å². The van der Waals surface area contributed by atoms with Gasteiger partial charge in [-0.2, -0.15) is 0 Å². The van der Waals surface area contributed by atoms with Crippen molar-refractivity contribution in [2.45, 2.75) is 85.0 Å². The van der Waals surface area contributed by atoms with E-state index in [2.05, 4.69) is 32.1 Å². The van der Waals surface area contributed by atoms with E-state index in [1.807, 2.05) is 20.8 Å². The highest BCUT2D eigenvalue weighted by Crippen LogP contribution is 2.45. The molecule has 1 heterocycles. The Kier molecular flexibility index (Phi) is 7.01. The Morgan fingerprint density at radius 3 is 2.63 bits per heavy atom. The van der Waals surface area contributed by atoms with E-state index in [4.69, 9.17) is 9.47 Å². The largest absolute Gasteiger partial charge is 0.481 e. The summed E-state index contributed by atoms with van der Waals surface area (Å²) in [5.74, 6) is 0.935. The number of hydrogen-bond acceptors (Lipinski definition) is 5. The minimum atomic E-state index is -0.664. The number of hydrogen-bond donors (Lipinski definition) is 2. The van der Waals surface area contributed by atoms with Crippen LogP contribution >= 0.6 is 0 Å². The number of allylic oxidation sites excluding steroid dienone is 3. The maximum atomic E-state index is 12.9. The molecule has 0 aromatic carbocycles. The summed E-state index contributed by atoms with van der Waals surface area (Å²) in [6.07, 6.45) is 10.9. The van der Waals surface area contributed by atoms with Gasteiger partial charge in [-0.1, -0.05) is 39.0 Å². The van der Waals surface area contributed by atoms with Crippen molar-refractivity contribution in [2.24, 2.45) is 29.1 Å². The Hall–Kier alpha value is -1.75. The first-order valence-electron chi connectivity index (χ1n) is 11.5. The second-order valence-corrected chi connectivity index (χ2v) is 10.1. The molecule has 5 nitrogen and oxygen atoms in total. The molecule has 2 N–H and O–H groups in total. The van der Waals surface area contributed by atoms with Crippen molar-refractivity contribution in [3.63, 3.8) is 0 Å². The van der Waals surface area contributed by atoms with Crippen LogP contribution in [0.2, 0.25) is 0 Å². The van der Waals surface area contributed by atoms with Gasteiger partial charge >= 0.3 is 5.97 Å². The molecule has 1 aliphatic heterocycles. The van der Waals surface area contributed by atoms with E-state index in [0.717, 1.165) is 25.7 Å². The number of ether oxygens (including phenoxy) is 2.